The van der Waals surface area contributed by atoms with E-state index < -0.39 is 31.7 Å². The van der Waals surface area contributed by atoms with Crippen LogP contribution in [0, 0.1) is 11.6 Å². The van der Waals surface area contributed by atoms with E-state index in [-0.39, 0.29) is 16.9 Å². The van der Waals surface area contributed by atoms with Gasteiger partial charge in [-0.2, -0.15) is 3.89 Å². The largest absolute Gasteiger partial charge is 0.437 e. The highest BCUT2D eigenvalue weighted by molar-refractivity contribution is 7.85. The lowest BCUT2D eigenvalue weighted by Gasteiger charge is -2.23. The number of amides is 1. The zero-order valence-corrected chi connectivity index (χ0v) is 13.6. The van der Waals surface area contributed by atoms with E-state index in [0.29, 0.717) is 6.07 Å². The summed E-state index contributed by atoms with van der Waals surface area (Å²) in [6, 6.07) is 8.11. The van der Waals surface area contributed by atoms with Crippen molar-refractivity contribution in [3.05, 3.63) is 59.7 Å². The number of carbonyl (C=O) groups is 1. The van der Waals surface area contributed by atoms with Crippen LogP contribution in [0.2, 0.25) is 0 Å². The summed E-state index contributed by atoms with van der Waals surface area (Å²) in [6.45, 7) is 0. The Morgan fingerprint density at radius 3 is 2.17 bits per heavy atom. The molecule has 0 saturated heterocycles. The fraction of sp³-hybridized carbons (Fsp3) is 0.133. The van der Waals surface area contributed by atoms with Crippen molar-refractivity contribution < 1.29 is 26.5 Å². The van der Waals surface area contributed by atoms with E-state index in [1.807, 2.05) is 0 Å². The maximum atomic E-state index is 13.5. The molecule has 0 spiro atoms. The van der Waals surface area contributed by atoms with E-state index in [1.165, 1.54) is 38.4 Å². The van der Waals surface area contributed by atoms with Crippen molar-refractivity contribution in [2.45, 2.75) is 0 Å². The maximum absolute atomic E-state index is 13.5. The summed E-state index contributed by atoms with van der Waals surface area (Å²) in [4.78, 5) is 12.1. The van der Waals surface area contributed by atoms with Gasteiger partial charge in [0.15, 0.2) is 0 Å². The first-order chi connectivity index (χ1) is 11.0. The van der Waals surface area contributed by atoms with Gasteiger partial charge in [-0.05, 0) is 24.3 Å². The summed E-state index contributed by atoms with van der Waals surface area (Å²) < 4.78 is 57.5. The lowest BCUT2D eigenvalue weighted by atomic mass is 10.2. The lowest BCUT2D eigenvalue weighted by Crippen LogP contribution is -2.45. The second-order valence-electron chi connectivity index (χ2n) is 5.42. The second kappa shape index (κ2) is 6.27. The smallest absolute Gasteiger partial charge is 0.319 e. The van der Waals surface area contributed by atoms with Crippen molar-refractivity contribution >= 4 is 27.6 Å². The van der Waals surface area contributed by atoms with Gasteiger partial charge in [0, 0.05) is 23.8 Å². The fourth-order valence-corrected chi connectivity index (χ4v) is 2.28. The van der Waals surface area contributed by atoms with Gasteiger partial charge in [0.2, 0.25) is 0 Å². The third kappa shape index (κ3) is 3.58. The SMILES string of the molecule is C[N+](C)(c1ccc(C(=O)Nc2ccc(F)cc2F)cc1)S(=O)(=O)O. The molecule has 0 aliphatic heterocycles. The number of benzene rings is 2. The fourth-order valence-electron chi connectivity index (χ4n) is 1.89. The third-order valence-corrected chi connectivity index (χ3v) is 4.87. The molecule has 2 N–H and O–H groups in total. The molecule has 0 bridgehead atoms. The minimum atomic E-state index is -4.39. The molecule has 0 aliphatic carbocycles. The van der Waals surface area contributed by atoms with Crippen molar-refractivity contribution in [2.75, 3.05) is 19.4 Å². The second-order valence-corrected chi connectivity index (χ2v) is 7.23. The molecule has 128 valence electrons. The van der Waals surface area contributed by atoms with Gasteiger partial charge < -0.3 is 5.32 Å². The Balaban J connectivity index is 2.23. The highest BCUT2D eigenvalue weighted by Crippen LogP contribution is 2.23. The molecule has 2 rings (SSSR count). The van der Waals surface area contributed by atoms with Gasteiger partial charge in [-0.25, -0.2) is 13.3 Å². The van der Waals surface area contributed by atoms with Crippen LogP contribution in [-0.4, -0.2) is 33.0 Å². The van der Waals surface area contributed by atoms with Crippen LogP contribution in [0.25, 0.3) is 0 Å². The molecule has 0 saturated carbocycles. The number of anilines is 1. The Kier molecular flexibility index (Phi) is 4.70. The van der Waals surface area contributed by atoms with E-state index in [0.717, 1.165) is 12.1 Å². The van der Waals surface area contributed by atoms with Gasteiger partial charge in [0.25, 0.3) is 5.91 Å². The molecule has 2 aromatic carbocycles. The minimum Gasteiger partial charge on any atom is -0.319 e. The number of hydrogen-bond acceptors (Lipinski definition) is 3. The molecular weight excluding hydrogens is 342 g/mol. The van der Waals surface area contributed by atoms with Crippen molar-refractivity contribution in [2.24, 2.45) is 0 Å². The first kappa shape index (κ1) is 18.0. The van der Waals surface area contributed by atoms with Gasteiger partial charge in [-0.1, -0.05) is 0 Å². The molecule has 9 heteroatoms. The predicted molar refractivity (Wildman–Crippen MR) is 85.9 cm³/mol. The molecule has 0 atom stereocenters. The van der Waals surface area contributed by atoms with Crippen molar-refractivity contribution in [1.82, 2.24) is 3.89 Å². The Morgan fingerprint density at radius 2 is 1.67 bits per heavy atom. The zero-order chi connectivity index (χ0) is 18.1. The van der Waals surface area contributed by atoms with Crippen LogP contribution < -0.4 is 9.21 Å². The summed E-state index contributed by atoms with van der Waals surface area (Å²) in [6.07, 6.45) is 0. The van der Waals surface area contributed by atoms with Crippen LogP contribution in [0.4, 0.5) is 20.2 Å². The number of nitrogens with zero attached hydrogens (tertiary/aromatic N) is 1. The molecule has 2 aromatic rings. The Hall–Kier alpha value is -2.36. The minimum absolute atomic E-state index is 0.137. The van der Waals surface area contributed by atoms with Crippen LogP contribution in [0.3, 0.4) is 0 Å². The zero-order valence-electron chi connectivity index (χ0n) is 12.8. The third-order valence-electron chi connectivity index (χ3n) is 3.51. The molecule has 1 amide bonds. The van der Waals surface area contributed by atoms with Crippen LogP contribution in [0.5, 0.6) is 0 Å². The summed E-state index contributed by atoms with van der Waals surface area (Å²) in [5.74, 6) is -2.33. The van der Waals surface area contributed by atoms with Crippen molar-refractivity contribution in [3.63, 3.8) is 0 Å². The number of nitrogens with one attached hydrogen (secondary N) is 1. The van der Waals surface area contributed by atoms with Crippen LogP contribution in [-0.2, 0) is 10.3 Å². The molecular formula is C15H15F2N2O4S+. The average molecular weight is 357 g/mol. The molecule has 0 heterocycles. The molecule has 0 aromatic heterocycles. The number of hydrogen-bond donors (Lipinski definition) is 2. The van der Waals surface area contributed by atoms with Crippen LogP contribution in [0.1, 0.15) is 10.4 Å². The van der Waals surface area contributed by atoms with Gasteiger partial charge >= 0.3 is 10.3 Å². The Labute approximate surface area is 137 Å². The van der Waals surface area contributed by atoms with E-state index in [4.69, 9.17) is 0 Å². The molecule has 0 radical (unpaired) electrons. The van der Waals surface area contributed by atoms with Crippen LogP contribution in [0.15, 0.2) is 42.5 Å². The quantitative estimate of drug-likeness (QED) is 0.651. The van der Waals surface area contributed by atoms with Crippen LogP contribution >= 0.6 is 0 Å². The predicted octanol–water partition coefficient (Wildman–Crippen LogP) is 2.59. The van der Waals surface area contributed by atoms with E-state index in [1.54, 1.807) is 0 Å². The average Bonchev–Trinajstić information content (AvgIpc) is 2.49. The van der Waals surface area contributed by atoms with Gasteiger partial charge in [0.1, 0.15) is 17.3 Å². The molecule has 24 heavy (non-hydrogen) atoms. The Bertz CT molecular complexity index is 881. The molecule has 0 unspecified atom stereocenters. The molecule has 0 fully saturated rings. The van der Waals surface area contributed by atoms with Crippen molar-refractivity contribution in [1.29, 1.82) is 0 Å². The topological polar surface area (TPSA) is 83.5 Å². The monoisotopic (exact) mass is 357 g/mol. The first-order valence-electron chi connectivity index (χ1n) is 6.71. The highest BCUT2D eigenvalue weighted by Gasteiger charge is 2.33. The number of rotatable bonds is 4. The summed E-state index contributed by atoms with van der Waals surface area (Å²) in [7, 11) is -1.87. The summed E-state index contributed by atoms with van der Waals surface area (Å²) in [5.41, 5.74) is 0.180. The standard InChI is InChI=1S/C15H14F2N2O4S/c1-19(2,24(21,22)23)12-6-3-10(4-7-12)15(20)18-14-8-5-11(16)9-13(14)17/h3-9H,1-2H3,(H-,18,20,21,22,23)/p+1. The molecule has 0 aliphatic rings. The number of carbonyl (C=O) groups excluding carboxylic acids is 1. The normalized spacial score (nSPS) is 12.0. The van der Waals surface area contributed by atoms with Gasteiger partial charge in [0.05, 0.1) is 19.8 Å². The van der Waals surface area contributed by atoms with E-state index in [2.05, 4.69) is 5.32 Å². The number of quaternary nitrogens is 1. The van der Waals surface area contributed by atoms with E-state index >= 15 is 0 Å². The molecule has 6 nitrogen and oxygen atoms in total. The first-order valence-corrected chi connectivity index (χ1v) is 8.10. The lowest BCUT2D eigenvalue weighted by molar-refractivity contribution is 0.102. The van der Waals surface area contributed by atoms with Gasteiger partial charge in [-0.3, -0.25) is 4.79 Å². The Morgan fingerprint density at radius 1 is 1.08 bits per heavy atom. The van der Waals surface area contributed by atoms with Crippen molar-refractivity contribution in [3.8, 4) is 0 Å². The maximum Gasteiger partial charge on any atom is 0.437 e. The van der Waals surface area contributed by atoms with Gasteiger partial charge in [-0.15, -0.1) is 8.42 Å². The van der Waals surface area contributed by atoms with E-state index in [9.17, 15) is 26.5 Å². The summed E-state index contributed by atoms with van der Waals surface area (Å²) >= 11 is 0. The highest BCUT2D eigenvalue weighted by atomic mass is 32.2. The summed E-state index contributed by atoms with van der Waals surface area (Å²) in [5, 5.41) is 2.29. The number of halogens is 2.